The molecule has 1 aromatic carbocycles. The van der Waals surface area contributed by atoms with Crippen LogP contribution in [0.25, 0.3) is 0 Å². The van der Waals surface area contributed by atoms with Crippen LogP contribution in [-0.2, 0) is 22.7 Å². The normalized spacial score (nSPS) is 14.9. The Morgan fingerprint density at radius 2 is 2.06 bits per heavy atom. The van der Waals surface area contributed by atoms with Crippen LogP contribution in [0.2, 0.25) is 0 Å². The number of hydrogen-bond acceptors (Lipinski definition) is 4. The summed E-state index contributed by atoms with van der Waals surface area (Å²) in [5.74, 6) is -1.78. The van der Waals surface area contributed by atoms with E-state index in [9.17, 15) is 9.59 Å². The van der Waals surface area contributed by atoms with Crippen molar-refractivity contribution in [1.29, 1.82) is 0 Å². The summed E-state index contributed by atoms with van der Waals surface area (Å²) >= 11 is 0. The third kappa shape index (κ3) is 2.66. The van der Waals surface area contributed by atoms with E-state index in [2.05, 4.69) is 5.32 Å². The number of rotatable bonds is 4. The Morgan fingerprint density at radius 3 is 2.78 bits per heavy atom. The van der Waals surface area contributed by atoms with E-state index in [-0.39, 0.29) is 6.54 Å². The minimum atomic E-state index is -1.59. The number of hydrogen-bond donors (Lipinski definition) is 3. The van der Waals surface area contributed by atoms with E-state index in [1.807, 2.05) is 6.07 Å². The highest BCUT2D eigenvalue weighted by molar-refractivity contribution is 5.94. The summed E-state index contributed by atoms with van der Waals surface area (Å²) in [5.41, 5.74) is 2.44. The third-order valence-electron chi connectivity index (χ3n) is 2.72. The lowest BCUT2D eigenvalue weighted by Gasteiger charge is -2.08. The maximum Gasteiger partial charge on any atom is 0.334 e. The fourth-order valence-corrected chi connectivity index (χ4v) is 1.69. The molecule has 0 fully saturated rings. The third-order valence-corrected chi connectivity index (χ3v) is 2.72. The highest BCUT2D eigenvalue weighted by Crippen LogP contribution is 2.20. The summed E-state index contributed by atoms with van der Waals surface area (Å²) in [6, 6.07) is 5.17. The number of ether oxygens (including phenoxy) is 1. The lowest BCUT2D eigenvalue weighted by atomic mass is 10.1. The summed E-state index contributed by atoms with van der Waals surface area (Å²) in [7, 11) is 0. The first kappa shape index (κ1) is 12.5. The van der Waals surface area contributed by atoms with Gasteiger partial charge in [0.1, 0.15) is 0 Å². The maximum absolute atomic E-state index is 11.7. The van der Waals surface area contributed by atoms with Crippen LogP contribution in [0.1, 0.15) is 21.5 Å². The lowest BCUT2D eigenvalue weighted by molar-refractivity contribution is -0.146. The Morgan fingerprint density at radius 1 is 1.33 bits per heavy atom. The second kappa shape index (κ2) is 5.16. The zero-order chi connectivity index (χ0) is 13.1. The minimum absolute atomic E-state index is 0.318. The number of amides is 1. The van der Waals surface area contributed by atoms with Gasteiger partial charge in [-0.05, 0) is 23.3 Å². The number of carboxylic acids is 1. The predicted molar refractivity (Wildman–Crippen MR) is 60.9 cm³/mol. The molecule has 2 rings (SSSR count). The van der Waals surface area contributed by atoms with E-state index >= 15 is 0 Å². The number of benzene rings is 1. The van der Waals surface area contributed by atoms with Gasteiger partial charge in [-0.25, -0.2) is 4.79 Å². The van der Waals surface area contributed by atoms with Gasteiger partial charge < -0.3 is 20.3 Å². The Labute approximate surface area is 103 Å². The quantitative estimate of drug-likeness (QED) is 0.694. The van der Waals surface area contributed by atoms with Crippen molar-refractivity contribution >= 4 is 11.9 Å². The van der Waals surface area contributed by atoms with Gasteiger partial charge in [-0.1, -0.05) is 6.07 Å². The van der Waals surface area contributed by atoms with Crippen molar-refractivity contribution in [3.63, 3.8) is 0 Å². The van der Waals surface area contributed by atoms with Crippen molar-refractivity contribution in [1.82, 2.24) is 5.32 Å². The van der Waals surface area contributed by atoms with Crippen LogP contribution in [0.4, 0.5) is 0 Å². The number of carboxylic acid groups (broad SMARTS) is 1. The van der Waals surface area contributed by atoms with Crippen molar-refractivity contribution in [2.75, 3.05) is 6.54 Å². The fourth-order valence-electron chi connectivity index (χ4n) is 1.69. The van der Waals surface area contributed by atoms with Gasteiger partial charge in [0, 0.05) is 5.56 Å². The highest BCUT2D eigenvalue weighted by atomic mass is 16.5. The molecule has 1 aliphatic rings. The number of nitrogens with one attached hydrogen (secondary N) is 1. The van der Waals surface area contributed by atoms with Crippen LogP contribution in [0, 0.1) is 0 Å². The molecule has 0 aliphatic carbocycles. The molecule has 0 radical (unpaired) electrons. The van der Waals surface area contributed by atoms with Crippen molar-refractivity contribution < 1.29 is 24.5 Å². The van der Waals surface area contributed by atoms with E-state index < -0.39 is 18.0 Å². The standard InChI is InChI=1S/C12H13NO5/c14-10(12(16)17)4-13-11(15)7-1-2-8-5-18-6-9(8)3-7/h1-3,10,14H,4-6H2,(H,13,15)(H,16,17). The summed E-state index contributed by atoms with van der Waals surface area (Å²) in [5, 5.41) is 19.9. The van der Waals surface area contributed by atoms with E-state index in [0.29, 0.717) is 18.8 Å². The van der Waals surface area contributed by atoms with Crippen LogP contribution in [-0.4, -0.2) is 34.7 Å². The molecule has 1 unspecified atom stereocenters. The van der Waals surface area contributed by atoms with Crippen molar-refractivity contribution in [2.24, 2.45) is 0 Å². The van der Waals surface area contributed by atoms with E-state index in [4.69, 9.17) is 14.9 Å². The van der Waals surface area contributed by atoms with Crippen LogP contribution < -0.4 is 5.32 Å². The predicted octanol–water partition coefficient (Wildman–Crippen LogP) is -0.108. The fraction of sp³-hybridized carbons (Fsp3) is 0.333. The van der Waals surface area contributed by atoms with Gasteiger partial charge in [0.15, 0.2) is 6.10 Å². The van der Waals surface area contributed by atoms with Gasteiger partial charge in [0.05, 0.1) is 19.8 Å². The molecule has 1 aromatic rings. The number of aliphatic carboxylic acids is 1. The number of carbonyl (C=O) groups excluding carboxylic acids is 1. The van der Waals surface area contributed by atoms with Crippen molar-refractivity contribution in [2.45, 2.75) is 19.3 Å². The summed E-state index contributed by atoms with van der Waals surface area (Å²) in [6.45, 7) is 0.713. The molecule has 0 bridgehead atoms. The van der Waals surface area contributed by atoms with Gasteiger partial charge in [0.25, 0.3) is 5.91 Å². The highest BCUT2D eigenvalue weighted by Gasteiger charge is 2.17. The van der Waals surface area contributed by atoms with Crippen molar-refractivity contribution in [3.8, 4) is 0 Å². The maximum atomic E-state index is 11.7. The van der Waals surface area contributed by atoms with E-state index in [0.717, 1.165) is 11.1 Å². The number of aliphatic hydroxyl groups is 1. The molecule has 6 heteroatoms. The summed E-state index contributed by atoms with van der Waals surface area (Å²) in [4.78, 5) is 22.1. The minimum Gasteiger partial charge on any atom is -0.479 e. The van der Waals surface area contributed by atoms with Crippen LogP contribution in [0.5, 0.6) is 0 Å². The van der Waals surface area contributed by atoms with E-state index in [1.165, 1.54) is 0 Å². The molecule has 6 nitrogen and oxygen atoms in total. The van der Waals surface area contributed by atoms with Crippen LogP contribution in [0.3, 0.4) is 0 Å². The Balaban J connectivity index is 1.99. The molecule has 1 aliphatic heterocycles. The van der Waals surface area contributed by atoms with Crippen LogP contribution >= 0.6 is 0 Å². The monoisotopic (exact) mass is 251 g/mol. The molecule has 1 amide bonds. The average molecular weight is 251 g/mol. The molecule has 0 aromatic heterocycles. The molecule has 0 saturated carbocycles. The molecule has 0 spiro atoms. The topological polar surface area (TPSA) is 95.9 Å². The molecule has 3 N–H and O–H groups in total. The smallest absolute Gasteiger partial charge is 0.334 e. The Hall–Kier alpha value is -1.92. The average Bonchev–Trinajstić information content (AvgIpc) is 2.82. The summed E-state index contributed by atoms with van der Waals surface area (Å²) < 4.78 is 5.23. The molecule has 1 heterocycles. The molecule has 96 valence electrons. The number of carbonyl (C=O) groups is 2. The molecule has 1 atom stereocenters. The Kier molecular flexibility index (Phi) is 3.59. The summed E-state index contributed by atoms with van der Waals surface area (Å²) in [6.07, 6.45) is -1.59. The first-order chi connectivity index (χ1) is 8.58. The lowest BCUT2D eigenvalue weighted by Crippen LogP contribution is -2.36. The van der Waals surface area contributed by atoms with Crippen LogP contribution in [0.15, 0.2) is 18.2 Å². The zero-order valence-corrected chi connectivity index (χ0v) is 9.55. The van der Waals surface area contributed by atoms with Gasteiger partial charge in [-0.3, -0.25) is 4.79 Å². The number of fused-ring (bicyclic) bond motifs is 1. The van der Waals surface area contributed by atoms with E-state index in [1.54, 1.807) is 12.1 Å². The van der Waals surface area contributed by atoms with Gasteiger partial charge in [-0.15, -0.1) is 0 Å². The first-order valence-electron chi connectivity index (χ1n) is 5.46. The molecular formula is C12H13NO5. The van der Waals surface area contributed by atoms with Gasteiger partial charge in [-0.2, -0.15) is 0 Å². The van der Waals surface area contributed by atoms with Gasteiger partial charge in [0.2, 0.25) is 0 Å². The number of aliphatic hydroxyl groups excluding tert-OH is 1. The second-order valence-electron chi connectivity index (χ2n) is 4.04. The molecular weight excluding hydrogens is 238 g/mol. The Bertz CT molecular complexity index is 485. The molecule has 18 heavy (non-hydrogen) atoms. The first-order valence-corrected chi connectivity index (χ1v) is 5.46. The zero-order valence-electron chi connectivity index (χ0n) is 9.55. The van der Waals surface area contributed by atoms with Gasteiger partial charge >= 0.3 is 5.97 Å². The van der Waals surface area contributed by atoms with Crippen molar-refractivity contribution in [3.05, 3.63) is 34.9 Å². The SMILES string of the molecule is O=C(NCC(O)C(=O)O)c1ccc2c(c1)COC2. The largest absolute Gasteiger partial charge is 0.479 e. The second-order valence-corrected chi connectivity index (χ2v) is 4.04. The molecule has 0 saturated heterocycles.